The second-order valence-corrected chi connectivity index (χ2v) is 4.54. The molecule has 0 aliphatic carbocycles. The number of aryl methyl sites for hydroxylation is 1. The molecule has 0 fully saturated rings. The summed E-state index contributed by atoms with van der Waals surface area (Å²) in [5, 5.41) is 0. The van der Waals surface area contributed by atoms with Gasteiger partial charge in [0.15, 0.2) is 12.1 Å². The molecule has 0 aliphatic heterocycles. The summed E-state index contributed by atoms with van der Waals surface area (Å²) < 4.78 is 18.4. The molecule has 0 saturated carbocycles. The van der Waals surface area contributed by atoms with Crippen molar-refractivity contribution in [2.45, 2.75) is 27.7 Å². The van der Waals surface area contributed by atoms with E-state index >= 15 is 0 Å². The molecule has 0 bridgehead atoms. The summed E-state index contributed by atoms with van der Waals surface area (Å²) in [4.78, 5) is 10.3. The van der Waals surface area contributed by atoms with Crippen molar-refractivity contribution in [2.24, 2.45) is 0 Å². The molecule has 0 radical (unpaired) electrons. The van der Waals surface area contributed by atoms with Crippen molar-refractivity contribution < 1.29 is 13.9 Å². The number of benzene rings is 1. The Morgan fingerprint density at radius 2 is 1.89 bits per heavy atom. The summed E-state index contributed by atoms with van der Waals surface area (Å²) in [5.74, 6) is 0.107. The number of hydrogen-bond acceptors (Lipinski definition) is 2. The third-order valence-electron chi connectivity index (χ3n) is 3.31. The van der Waals surface area contributed by atoms with E-state index in [1.807, 2.05) is 32.9 Å². The molecule has 2 nitrogen and oxygen atoms in total. The van der Waals surface area contributed by atoms with Crippen LogP contribution in [-0.4, -0.2) is 13.4 Å². The summed E-state index contributed by atoms with van der Waals surface area (Å²) in [6.45, 7) is 7.53. The molecule has 0 spiro atoms. The highest BCUT2D eigenvalue weighted by atomic mass is 19.1. The Hall–Kier alpha value is -1.90. The third kappa shape index (κ3) is 3.31. The zero-order valence-electron chi connectivity index (χ0n) is 12.0. The number of aldehydes is 1. The molecule has 0 aliphatic rings. The number of allylic oxidation sites excluding steroid dienone is 3. The van der Waals surface area contributed by atoms with Crippen LogP contribution in [0.1, 0.15) is 29.2 Å². The fourth-order valence-corrected chi connectivity index (χ4v) is 1.91. The predicted molar refractivity (Wildman–Crippen MR) is 76.1 cm³/mol. The molecule has 3 heteroatoms. The van der Waals surface area contributed by atoms with Gasteiger partial charge in [0, 0.05) is 0 Å². The Balaban J connectivity index is 3.27. The average molecular weight is 262 g/mol. The maximum absolute atomic E-state index is 13.1. The van der Waals surface area contributed by atoms with E-state index in [0.717, 1.165) is 28.0 Å². The number of rotatable bonds is 4. The molecule has 0 heterocycles. The second kappa shape index (κ2) is 6.32. The van der Waals surface area contributed by atoms with E-state index in [-0.39, 0.29) is 6.29 Å². The molecule has 0 saturated heterocycles. The fourth-order valence-electron chi connectivity index (χ4n) is 1.91. The lowest BCUT2D eigenvalue weighted by molar-refractivity contribution is -0.106. The van der Waals surface area contributed by atoms with Gasteiger partial charge in [-0.15, -0.1) is 0 Å². The minimum absolute atomic E-state index is 0.221. The summed E-state index contributed by atoms with van der Waals surface area (Å²) in [5.41, 5.74) is 4.55. The lowest BCUT2D eigenvalue weighted by Gasteiger charge is -2.13. The van der Waals surface area contributed by atoms with Crippen LogP contribution in [0.5, 0.6) is 5.75 Å². The molecular weight excluding hydrogens is 243 g/mol. The van der Waals surface area contributed by atoms with Crippen LogP contribution in [0.3, 0.4) is 0 Å². The van der Waals surface area contributed by atoms with E-state index in [0.29, 0.717) is 5.57 Å². The van der Waals surface area contributed by atoms with Gasteiger partial charge >= 0.3 is 0 Å². The van der Waals surface area contributed by atoms with Crippen LogP contribution in [-0.2, 0) is 4.79 Å². The molecule has 19 heavy (non-hydrogen) atoms. The van der Waals surface area contributed by atoms with Gasteiger partial charge in [-0.1, -0.05) is 12.2 Å². The monoisotopic (exact) mass is 262 g/mol. The number of halogens is 1. The van der Waals surface area contributed by atoms with Crippen LogP contribution < -0.4 is 4.74 Å². The highest BCUT2D eigenvalue weighted by Gasteiger charge is 2.08. The maximum Gasteiger partial charge on any atom is 0.178 e. The minimum Gasteiger partial charge on any atom is -0.496 e. The van der Waals surface area contributed by atoms with Gasteiger partial charge in [0.05, 0.1) is 7.11 Å². The molecule has 0 N–H and O–H groups in total. The first kappa shape index (κ1) is 15.2. The first-order valence-electron chi connectivity index (χ1n) is 6.06. The summed E-state index contributed by atoms with van der Waals surface area (Å²) >= 11 is 0. The quantitative estimate of drug-likeness (QED) is 0.464. The second-order valence-electron chi connectivity index (χ2n) is 4.54. The highest BCUT2D eigenvalue weighted by molar-refractivity contribution is 5.73. The van der Waals surface area contributed by atoms with Gasteiger partial charge in [-0.25, -0.2) is 4.39 Å². The number of carbonyl (C=O) groups is 1. The molecule has 0 atom stereocenters. The smallest absolute Gasteiger partial charge is 0.178 e. The summed E-state index contributed by atoms with van der Waals surface area (Å²) in [7, 11) is 1.64. The predicted octanol–water partition coefficient (Wildman–Crippen LogP) is 4.08. The molecule has 0 unspecified atom stereocenters. The molecule has 102 valence electrons. The molecular formula is C16H19FO2. The van der Waals surface area contributed by atoms with Gasteiger partial charge in [0.2, 0.25) is 0 Å². The van der Waals surface area contributed by atoms with E-state index in [4.69, 9.17) is 4.74 Å². The van der Waals surface area contributed by atoms with Gasteiger partial charge in [-0.05, 0) is 61.6 Å². The lowest BCUT2D eigenvalue weighted by atomic mass is 9.96. The van der Waals surface area contributed by atoms with E-state index < -0.39 is 5.83 Å². The van der Waals surface area contributed by atoms with Crippen molar-refractivity contribution >= 4 is 12.4 Å². The molecule has 1 aromatic carbocycles. The maximum atomic E-state index is 13.1. The first-order chi connectivity index (χ1) is 8.92. The van der Waals surface area contributed by atoms with Crippen LogP contribution in [0.2, 0.25) is 0 Å². The Kier molecular flexibility index (Phi) is 5.04. The fraction of sp³-hybridized carbons (Fsp3) is 0.312. The van der Waals surface area contributed by atoms with Crippen molar-refractivity contribution in [3.8, 4) is 5.75 Å². The van der Waals surface area contributed by atoms with Crippen LogP contribution in [0.4, 0.5) is 4.39 Å². The van der Waals surface area contributed by atoms with Crippen molar-refractivity contribution in [3.05, 3.63) is 45.8 Å². The normalized spacial score (nSPS) is 12.5. The van der Waals surface area contributed by atoms with Crippen molar-refractivity contribution in [1.82, 2.24) is 0 Å². The zero-order chi connectivity index (χ0) is 14.6. The van der Waals surface area contributed by atoms with Crippen LogP contribution in [0.15, 0.2) is 23.5 Å². The highest BCUT2D eigenvalue weighted by Crippen LogP contribution is 2.28. The average Bonchev–Trinajstić information content (AvgIpc) is 2.41. The van der Waals surface area contributed by atoms with Gasteiger partial charge in [0.25, 0.3) is 0 Å². The van der Waals surface area contributed by atoms with Crippen molar-refractivity contribution in [1.29, 1.82) is 0 Å². The SMILES string of the molecule is COc1cc(C)c(C=CC(C)=C(F)C=O)c(C)c1C. The zero-order valence-corrected chi connectivity index (χ0v) is 12.0. The van der Waals surface area contributed by atoms with Gasteiger partial charge in [0.1, 0.15) is 5.75 Å². The Morgan fingerprint density at radius 1 is 1.26 bits per heavy atom. The molecule has 1 rings (SSSR count). The van der Waals surface area contributed by atoms with Crippen LogP contribution in [0, 0.1) is 20.8 Å². The lowest BCUT2D eigenvalue weighted by Crippen LogP contribution is -1.96. The number of hydrogen-bond donors (Lipinski definition) is 0. The summed E-state index contributed by atoms with van der Waals surface area (Å²) in [6, 6.07) is 1.96. The molecule has 1 aromatic rings. The van der Waals surface area contributed by atoms with Crippen LogP contribution in [0.25, 0.3) is 6.08 Å². The van der Waals surface area contributed by atoms with E-state index in [1.165, 1.54) is 0 Å². The number of carbonyl (C=O) groups excluding carboxylic acids is 1. The number of ether oxygens (including phenoxy) is 1. The first-order valence-corrected chi connectivity index (χ1v) is 6.06. The Morgan fingerprint density at radius 3 is 2.42 bits per heavy atom. The Bertz CT molecular complexity index is 554. The molecule has 0 amide bonds. The molecule has 0 aromatic heterocycles. The van der Waals surface area contributed by atoms with E-state index in [2.05, 4.69) is 0 Å². The van der Waals surface area contributed by atoms with Gasteiger partial charge in [-0.2, -0.15) is 0 Å². The van der Waals surface area contributed by atoms with Crippen LogP contribution >= 0.6 is 0 Å². The number of methoxy groups -OCH3 is 1. The Labute approximate surface area is 113 Å². The van der Waals surface area contributed by atoms with Gasteiger partial charge in [-0.3, -0.25) is 4.79 Å². The standard InChI is InChI=1S/C16H19FO2/c1-10(15(17)9-18)6-7-14-11(2)8-16(19-5)13(4)12(14)3/h6-9H,1-5H3. The minimum atomic E-state index is -0.739. The largest absolute Gasteiger partial charge is 0.496 e. The van der Waals surface area contributed by atoms with Crippen molar-refractivity contribution in [3.63, 3.8) is 0 Å². The van der Waals surface area contributed by atoms with E-state index in [9.17, 15) is 9.18 Å². The van der Waals surface area contributed by atoms with Crippen molar-refractivity contribution in [2.75, 3.05) is 7.11 Å². The van der Waals surface area contributed by atoms with Gasteiger partial charge < -0.3 is 4.74 Å². The third-order valence-corrected chi connectivity index (χ3v) is 3.31. The van der Waals surface area contributed by atoms with E-state index in [1.54, 1.807) is 20.1 Å². The topological polar surface area (TPSA) is 26.3 Å². The summed E-state index contributed by atoms with van der Waals surface area (Å²) in [6.07, 6.45) is 3.67.